The molecule has 0 aromatic heterocycles. The van der Waals surface area contributed by atoms with E-state index in [1.807, 2.05) is 6.07 Å². The summed E-state index contributed by atoms with van der Waals surface area (Å²) in [7, 11) is 0. The van der Waals surface area contributed by atoms with Crippen molar-refractivity contribution in [1.29, 1.82) is 0 Å². The van der Waals surface area contributed by atoms with Crippen molar-refractivity contribution in [3.05, 3.63) is 23.8 Å². The topological polar surface area (TPSA) is 37.3 Å². The normalized spacial score (nSPS) is 16.9. The third kappa shape index (κ3) is 3.77. The highest BCUT2D eigenvalue weighted by atomic mass is 32.2. The van der Waals surface area contributed by atoms with Gasteiger partial charge in [0, 0.05) is 16.2 Å². The van der Waals surface area contributed by atoms with Gasteiger partial charge in [0.15, 0.2) is 0 Å². The quantitative estimate of drug-likeness (QED) is 0.651. The largest absolute Gasteiger partial charge is 0.508 e. The number of aldehydes is 1. The molecule has 1 fully saturated rings. The van der Waals surface area contributed by atoms with E-state index in [2.05, 4.69) is 0 Å². The first-order chi connectivity index (χ1) is 8.28. The summed E-state index contributed by atoms with van der Waals surface area (Å²) in [5.41, 5.74) is 0.552. The molecule has 3 heteroatoms. The lowest BCUT2D eigenvalue weighted by Crippen LogP contribution is -2.08. The van der Waals surface area contributed by atoms with Crippen molar-refractivity contribution in [2.24, 2.45) is 5.92 Å². The predicted molar refractivity (Wildman–Crippen MR) is 70.8 cm³/mol. The molecule has 0 saturated heterocycles. The van der Waals surface area contributed by atoms with Gasteiger partial charge in [-0.1, -0.05) is 19.3 Å². The fourth-order valence-electron chi connectivity index (χ4n) is 2.33. The van der Waals surface area contributed by atoms with Gasteiger partial charge < -0.3 is 5.11 Å². The Morgan fingerprint density at radius 2 is 2.00 bits per heavy atom. The third-order valence-corrected chi connectivity index (χ3v) is 4.47. The average molecular weight is 250 g/mol. The maximum absolute atomic E-state index is 10.7. The van der Waals surface area contributed by atoms with E-state index in [0.29, 0.717) is 5.56 Å². The Kier molecular flexibility index (Phi) is 4.49. The highest BCUT2D eigenvalue weighted by Crippen LogP contribution is 2.31. The molecule has 2 nitrogen and oxygen atoms in total. The first-order valence-corrected chi connectivity index (χ1v) is 7.18. The smallest absolute Gasteiger partial charge is 0.150 e. The summed E-state index contributed by atoms with van der Waals surface area (Å²) >= 11 is 1.75. The molecule has 0 spiro atoms. The number of thioether (sulfide) groups is 1. The van der Waals surface area contributed by atoms with Crippen LogP contribution in [0, 0.1) is 5.92 Å². The zero-order chi connectivity index (χ0) is 12.1. The van der Waals surface area contributed by atoms with Crippen molar-refractivity contribution in [3.8, 4) is 5.75 Å². The van der Waals surface area contributed by atoms with Gasteiger partial charge in [-0.05, 0) is 37.0 Å². The second kappa shape index (κ2) is 6.10. The van der Waals surface area contributed by atoms with E-state index in [0.717, 1.165) is 22.9 Å². The summed E-state index contributed by atoms with van der Waals surface area (Å²) in [6.07, 6.45) is 7.52. The molecule has 2 rings (SSSR count). The molecule has 1 aromatic carbocycles. The number of phenols is 1. The van der Waals surface area contributed by atoms with Crippen molar-refractivity contribution in [3.63, 3.8) is 0 Å². The molecular weight excluding hydrogens is 232 g/mol. The van der Waals surface area contributed by atoms with Crippen LogP contribution in [0.3, 0.4) is 0 Å². The van der Waals surface area contributed by atoms with Crippen LogP contribution in [0.25, 0.3) is 0 Å². The zero-order valence-electron chi connectivity index (χ0n) is 9.89. The molecule has 0 atom stereocenters. The summed E-state index contributed by atoms with van der Waals surface area (Å²) in [6.45, 7) is 0. The van der Waals surface area contributed by atoms with E-state index in [1.54, 1.807) is 17.8 Å². The van der Waals surface area contributed by atoms with Crippen LogP contribution in [0.15, 0.2) is 23.1 Å². The minimum Gasteiger partial charge on any atom is -0.508 e. The first-order valence-electron chi connectivity index (χ1n) is 6.20. The molecule has 0 heterocycles. The average Bonchev–Trinajstić information content (AvgIpc) is 2.37. The highest BCUT2D eigenvalue weighted by Gasteiger charge is 2.13. The standard InChI is InChI=1S/C14H18O2S/c15-9-12-6-13(16)8-14(7-12)17-10-11-4-2-1-3-5-11/h6-9,11,16H,1-5,10H2. The van der Waals surface area contributed by atoms with Crippen LogP contribution in [0.1, 0.15) is 42.5 Å². The van der Waals surface area contributed by atoms with Gasteiger partial charge in [-0.25, -0.2) is 0 Å². The van der Waals surface area contributed by atoms with Gasteiger partial charge in [-0.15, -0.1) is 11.8 Å². The molecule has 0 bridgehead atoms. The van der Waals surface area contributed by atoms with E-state index in [9.17, 15) is 9.90 Å². The van der Waals surface area contributed by atoms with Gasteiger partial charge in [-0.3, -0.25) is 4.79 Å². The summed E-state index contributed by atoms with van der Waals surface area (Å²) in [5, 5.41) is 9.49. The van der Waals surface area contributed by atoms with Crippen LogP contribution in [0.5, 0.6) is 5.75 Å². The lowest BCUT2D eigenvalue weighted by molar-refractivity contribution is 0.112. The van der Waals surface area contributed by atoms with E-state index in [4.69, 9.17) is 0 Å². The fourth-order valence-corrected chi connectivity index (χ4v) is 3.51. The molecule has 1 aliphatic rings. The fraction of sp³-hybridized carbons (Fsp3) is 0.500. The number of benzene rings is 1. The van der Waals surface area contributed by atoms with Gasteiger partial charge in [0.1, 0.15) is 12.0 Å². The molecule has 17 heavy (non-hydrogen) atoms. The summed E-state index contributed by atoms with van der Waals surface area (Å²) in [5.74, 6) is 2.08. The number of phenolic OH excluding ortho intramolecular Hbond substituents is 1. The van der Waals surface area contributed by atoms with E-state index >= 15 is 0 Å². The molecule has 0 radical (unpaired) electrons. The molecule has 92 valence electrons. The molecule has 1 aliphatic carbocycles. The first kappa shape index (κ1) is 12.5. The number of carbonyl (C=O) groups excluding carboxylic acids is 1. The Hall–Kier alpha value is -0.960. The Labute approximate surface area is 106 Å². The molecular formula is C14H18O2S. The van der Waals surface area contributed by atoms with Crippen LogP contribution >= 0.6 is 11.8 Å². The van der Waals surface area contributed by atoms with Gasteiger partial charge in [0.05, 0.1) is 0 Å². The van der Waals surface area contributed by atoms with E-state index in [1.165, 1.54) is 38.2 Å². The molecule has 0 unspecified atom stereocenters. The second-order valence-corrected chi connectivity index (χ2v) is 5.79. The van der Waals surface area contributed by atoms with E-state index < -0.39 is 0 Å². The Bertz CT molecular complexity index is 384. The van der Waals surface area contributed by atoms with Crippen molar-refractivity contribution < 1.29 is 9.90 Å². The van der Waals surface area contributed by atoms with Crippen LogP contribution < -0.4 is 0 Å². The van der Waals surface area contributed by atoms with Crippen molar-refractivity contribution in [2.75, 3.05) is 5.75 Å². The monoisotopic (exact) mass is 250 g/mol. The lowest BCUT2D eigenvalue weighted by atomic mass is 9.91. The number of hydrogen-bond acceptors (Lipinski definition) is 3. The summed E-state index contributed by atoms with van der Waals surface area (Å²) in [4.78, 5) is 11.7. The summed E-state index contributed by atoms with van der Waals surface area (Å²) < 4.78 is 0. The molecule has 1 N–H and O–H groups in total. The predicted octanol–water partition coefficient (Wildman–Crippen LogP) is 3.88. The van der Waals surface area contributed by atoms with Crippen molar-refractivity contribution in [2.45, 2.75) is 37.0 Å². The summed E-state index contributed by atoms with van der Waals surface area (Å²) in [6, 6.07) is 5.08. The number of hydrogen-bond donors (Lipinski definition) is 1. The van der Waals surface area contributed by atoms with Crippen molar-refractivity contribution >= 4 is 18.0 Å². The van der Waals surface area contributed by atoms with E-state index in [-0.39, 0.29) is 5.75 Å². The van der Waals surface area contributed by atoms with Crippen LogP contribution in [-0.4, -0.2) is 17.1 Å². The van der Waals surface area contributed by atoms with Crippen molar-refractivity contribution in [1.82, 2.24) is 0 Å². The number of aromatic hydroxyl groups is 1. The van der Waals surface area contributed by atoms with Gasteiger partial charge >= 0.3 is 0 Å². The minimum atomic E-state index is 0.181. The molecule has 1 aromatic rings. The SMILES string of the molecule is O=Cc1cc(O)cc(SCC2CCCCC2)c1. The van der Waals surface area contributed by atoms with Gasteiger partial charge in [-0.2, -0.15) is 0 Å². The Balaban J connectivity index is 1.93. The number of rotatable bonds is 4. The molecule has 0 amide bonds. The third-order valence-electron chi connectivity index (χ3n) is 3.26. The van der Waals surface area contributed by atoms with Crippen LogP contribution in [0.2, 0.25) is 0 Å². The number of carbonyl (C=O) groups is 1. The Morgan fingerprint density at radius 3 is 2.71 bits per heavy atom. The Morgan fingerprint density at radius 1 is 1.24 bits per heavy atom. The molecule has 0 aliphatic heterocycles. The lowest BCUT2D eigenvalue weighted by Gasteiger charge is -2.20. The molecule has 1 saturated carbocycles. The van der Waals surface area contributed by atoms with Crippen LogP contribution in [0.4, 0.5) is 0 Å². The van der Waals surface area contributed by atoms with Crippen LogP contribution in [-0.2, 0) is 0 Å². The minimum absolute atomic E-state index is 0.181. The highest BCUT2D eigenvalue weighted by molar-refractivity contribution is 7.99. The maximum Gasteiger partial charge on any atom is 0.150 e. The zero-order valence-corrected chi connectivity index (χ0v) is 10.7. The maximum atomic E-state index is 10.7. The van der Waals surface area contributed by atoms with Gasteiger partial charge in [0.2, 0.25) is 0 Å². The van der Waals surface area contributed by atoms with Gasteiger partial charge in [0.25, 0.3) is 0 Å². The second-order valence-electron chi connectivity index (χ2n) is 4.69.